The molecule has 382 valence electrons. The summed E-state index contributed by atoms with van der Waals surface area (Å²) in [4.78, 5) is 66.7. The Bertz CT molecular complexity index is 2410. The summed E-state index contributed by atoms with van der Waals surface area (Å²) < 4.78 is 38.3. The monoisotopic (exact) mass is 972 g/mol. The largest absolute Gasteiger partial charge is 0.480 e. The zero-order valence-corrected chi connectivity index (χ0v) is 42.9. The zero-order chi connectivity index (χ0) is 51.2. The fourth-order valence-corrected chi connectivity index (χ4v) is 8.78. The minimum absolute atomic E-state index is 0.0779. The molecule has 70 heavy (non-hydrogen) atoms. The van der Waals surface area contributed by atoms with Crippen molar-refractivity contribution < 1.29 is 52.7 Å². The second kappa shape index (κ2) is 22.0. The van der Waals surface area contributed by atoms with E-state index in [1.165, 1.54) is 11.2 Å². The summed E-state index contributed by atoms with van der Waals surface area (Å²) in [7, 11) is 1.62. The molecule has 3 amide bonds. The number of carboxylic acids is 1. The van der Waals surface area contributed by atoms with Crippen molar-refractivity contribution in [2.45, 2.75) is 149 Å². The lowest BCUT2D eigenvalue weighted by Gasteiger charge is -2.31. The maximum absolute atomic E-state index is 13.7. The van der Waals surface area contributed by atoms with Gasteiger partial charge in [0, 0.05) is 45.3 Å². The molecular formula is C52H73N7O11. The van der Waals surface area contributed by atoms with E-state index in [2.05, 4.69) is 24.8 Å². The fraction of sp³-hybridized carbons (Fsp3) is 0.577. The molecule has 2 aromatic heterocycles. The Labute approximate surface area is 411 Å². The first-order valence-electron chi connectivity index (χ1n) is 24.1. The van der Waals surface area contributed by atoms with Crippen molar-refractivity contribution in [3.8, 4) is 11.5 Å². The van der Waals surface area contributed by atoms with E-state index in [4.69, 9.17) is 28.4 Å². The molecule has 1 saturated heterocycles. The highest BCUT2D eigenvalue weighted by Crippen LogP contribution is 2.48. The van der Waals surface area contributed by atoms with Gasteiger partial charge in [-0.1, -0.05) is 30.3 Å². The number of anilines is 1. The molecule has 1 aliphatic heterocycles. The van der Waals surface area contributed by atoms with Gasteiger partial charge in [0.05, 0.1) is 17.5 Å². The third-order valence-electron chi connectivity index (χ3n) is 11.7. The number of carbonyl (C=O) groups excluding carboxylic acids is 3. The molecule has 18 nitrogen and oxygen atoms in total. The van der Waals surface area contributed by atoms with Gasteiger partial charge in [-0.15, -0.1) is 0 Å². The second-order valence-corrected chi connectivity index (χ2v) is 21.6. The van der Waals surface area contributed by atoms with Crippen molar-refractivity contribution in [1.82, 2.24) is 29.7 Å². The van der Waals surface area contributed by atoms with Crippen LogP contribution in [0.3, 0.4) is 0 Å². The molecule has 0 radical (unpaired) electrons. The number of nitrogens with one attached hydrogen (secondary N) is 1. The van der Waals surface area contributed by atoms with Crippen LogP contribution in [0, 0.1) is 5.92 Å². The molecule has 2 aromatic carbocycles. The topological polar surface area (TPSA) is 196 Å². The number of alkyl carbamates (subject to hydrolysis) is 1. The van der Waals surface area contributed by atoms with Crippen molar-refractivity contribution in [2.75, 3.05) is 44.7 Å². The molecule has 2 N–H and O–H groups in total. The number of carbonyl (C=O) groups is 4. The lowest BCUT2D eigenvalue weighted by atomic mass is 10.0. The van der Waals surface area contributed by atoms with Crippen LogP contribution in [-0.2, 0) is 34.9 Å². The lowest BCUT2D eigenvalue weighted by molar-refractivity contribution is -0.161. The van der Waals surface area contributed by atoms with Crippen LogP contribution < -0.4 is 15.0 Å². The average Bonchev–Trinajstić information content (AvgIpc) is 3.92. The molecule has 0 unspecified atom stereocenters. The number of amides is 3. The standard InChI is InChI=1S/C52H73N7O11/c1-49(2,3)68-46(62)55-39(45(60)61)25-28-57(26-16-27-58(48(64)70-51(7,8)9)29-23-34-19-21-37(22-20-34)65-36-17-14-13-15-18-36)32-35-31-40(42-41(35)66-52(10,11)67-42)59-30-24-38-43(53-33-54-44(38)59)56(12)47(63)69-50(4,5)6/h13-15,17-22,24,30,33,35,39-42H,16,23,25-29,31-32H2,1-12H3,(H,55,62)(H,60,61)/t35-,39+,40-,41-,42+/m1/s1. The van der Waals surface area contributed by atoms with Crippen molar-refractivity contribution in [3.05, 3.63) is 78.8 Å². The number of carboxylic acid groups (broad SMARTS) is 1. The molecule has 5 atom stereocenters. The van der Waals surface area contributed by atoms with E-state index in [0.29, 0.717) is 74.6 Å². The summed E-state index contributed by atoms with van der Waals surface area (Å²) in [6.45, 7) is 21.9. The van der Waals surface area contributed by atoms with Crippen LogP contribution in [0.5, 0.6) is 11.5 Å². The van der Waals surface area contributed by atoms with E-state index >= 15 is 0 Å². The third-order valence-corrected chi connectivity index (χ3v) is 11.7. The number of para-hydroxylation sites is 1. The number of ether oxygens (including phenoxy) is 6. The third kappa shape index (κ3) is 15.0. The predicted molar refractivity (Wildman–Crippen MR) is 264 cm³/mol. The van der Waals surface area contributed by atoms with Crippen molar-refractivity contribution in [2.24, 2.45) is 5.92 Å². The van der Waals surface area contributed by atoms with Gasteiger partial charge in [-0.2, -0.15) is 0 Å². The van der Waals surface area contributed by atoms with Crippen LogP contribution in [0.25, 0.3) is 11.0 Å². The molecule has 2 fully saturated rings. The highest BCUT2D eigenvalue weighted by atomic mass is 16.8. The molecule has 6 rings (SSSR count). The van der Waals surface area contributed by atoms with E-state index in [1.807, 2.05) is 101 Å². The van der Waals surface area contributed by atoms with Gasteiger partial charge in [0.1, 0.15) is 52.4 Å². The normalized spacial score (nSPS) is 19.3. The van der Waals surface area contributed by atoms with Gasteiger partial charge in [0.2, 0.25) is 0 Å². The van der Waals surface area contributed by atoms with Crippen molar-refractivity contribution in [1.29, 1.82) is 0 Å². The Morgan fingerprint density at radius 1 is 0.800 bits per heavy atom. The minimum Gasteiger partial charge on any atom is -0.480 e. The van der Waals surface area contributed by atoms with Crippen molar-refractivity contribution >= 4 is 41.1 Å². The summed E-state index contributed by atoms with van der Waals surface area (Å²) in [5.41, 5.74) is -0.603. The minimum atomic E-state index is -1.23. The number of aromatic nitrogens is 3. The first-order chi connectivity index (χ1) is 32.7. The maximum atomic E-state index is 13.7. The van der Waals surface area contributed by atoms with E-state index < -0.39 is 52.9 Å². The number of hydrogen-bond acceptors (Lipinski definition) is 13. The second-order valence-electron chi connectivity index (χ2n) is 21.6. The Morgan fingerprint density at radius 3 is 2.07 bits per heavy atom. The number of benzene rings is 2. The quantitative estimate of drug-likeness (QED) is 0.0895. The van der Waals surface area contributed by atoms with Gasteiger partial charge in [-0.25, -0.2) is 29.1 Å². The molecule has 1 saturated carbocycles. The molecule has 4 aromatic rings. The number of hydrogen-bond donors (Lipinski definition) is 2. The molecule has 1 aliphatic carbocycles. The molecule has 0 spiro atoms. The number of aliphatic carboxylic acids is 1. The van der Waals surface area contributed by atoms with E-state index in [9.17, 15) is 24.3 Å². The fourth-order valence-electron chi connectivity index (χ4n) is 8.78. The summed E-state index contributed by atoms with van der Waals surface area (Å²) in [5, 5.41) is 13.5. The predicted octanol–water partition coefficient (Wildman–Crippen LogP) is 9.22. The van der Waals surface area contributed by atoms with Gasteiger partial charge in [-0.3, -0.25) is 4.90 Å². The maximum Gasteiger partial charge on any atom is 0.415 e. The molecule has 18 heteroatoms. The van der Waals surface area contributed by atoms with Gasteiger partial charge < -0.3 is 53.2 Å². The highest BCUT2D eigenvalue weighted by Gasteiger charge is 2.55. The van der Waals surface area contributed by atoms with Gasteiger partial charge >= 0.3 is 24.2 Å². The van der Waals surface area contributed by atoms with Crippen LogP contribution in [0.2, 0.25) is 0 Å². The zero-order valence-electron chi connectivity index (χ0n) is 42.9. The van der Waals surface area contributed by atoms with Gasteiger partial charge in [0.15, 0.2) is 11.6 Å². The highest BCUT2D eigenvalue weighted by molar-refractivity contribution is 5.97. The van der Waals surface area contributed by atoms with Crippen LogP contribution in [0.15, 0.2) is 73.2 Å². The summed E-state index contributed by atoms with van der Waals surface area (Å²) in [6.07, 6.45) is 2.64. The van der Waals surface area contributed by atoms with Crippen LogP contribution in [0.4, 0.5) is 20.2 Å². The number of fused-ring (bicyclic) bond motifs is 2. The SMILES string of the molecule is CN(C(=O)OC(C)(C)C)c1ncnc2c1ccn2[C@@H]1C[C@H](CN(CCCN(CCc2ccc(Oc3ccccc3)cc2)C(=O)OC(C)(C)C)CC[C@H](NC(=O)OC(C)(C)C)C(=O)O)[C@H]2OC(C)(C)O[C@H]21. The van der Waals surface area contributed by atoms with Crippen LogP contribution in [-0.4, -0.2) is 134 Å². The first-order valence-corrected chi connectivity index (χ1v) is 24.1. The number of nitrogens with zero attached hydrogens (tertiary/aromatic N) is 6. The Morgan fingerprint density at radius 2 is 1.43 bits per heavy atom. The van der Waals surface area contributed by atoms with E-state index in [1.54, 1.807) is 53.5 Å². The molecule has 3 heterocycles. The molecule has 0 bridgehead atoms. The first kappa shape index (κ1) is 53.4. The Kier molecular flexibility index (Phi) is 16.8. The van der Waals surface area contributed by atoms with Crippen molar-refractivity contribution in [3.63, 3.8) is 0 Å². The summed E-state index contributed by atoms with van der Waals surface area (Å²) in [6, 6.07) is 17.8. The molecular weight excluding hydrogens is 899 g/mol. The van der Waals surface area contributed by atoms with E-state index in [0.717, 1.165) is 11.3 Å². The number of rotatable bonds is 18. The smallest absolute Gasteiger partial charge is 0.415 e. The Balaban J connectivity index is 1.22. The lowest BCUT2D eigenvalue weighted by Crippen LogP contribution is -2.46. The van der Waals surface area contributed by atoms with Crippen LogP contribution in [0.1, 0.15) is 107 Å². The average molecular weight is 972 g/mol. The summed E-state index contributed by atoms with van der Waals surface area (Å²) >= 11 is 0. The molecule has 2 aliphatic rings. The Hall–Kier alpha value is -5.98. The summed E-state index contributed by atoms with van der Waals surface area (Å²) in [5.74, 6) is -0.335. The van der Waals surface area contributed by atoms with E-state index in [-0.39, 0.29) is 30.6 Å². The van der Waals surface area contributed by atoms with Gasteiger partial charge in [0.25, 0.3) is 0 Å². The van der Waals surface area contributed by atoms with Gasteiger partial charge in [-0.05, 0) is 144 Å². The van der Waals surface area contributed by atoms with Crippen LogP contribution >= 0.6 is 0 Å².